The van der Waals surface area contributed by atoms with Crippen LogP contribution in [0.5, 0.6) is 0 Å². The van der Waals surface area contributed by atoms with Crippen LogP contribution in [-0.4, -0.2) is 25.2 Å². The smallest absolute Gasteiger partial charge is 0.340 e. The summed E-state index contributed by atoms with van der Waals surface area (Å²) in [5.41, 5.74) is 0.708. The maximum Gasteiger partial charge on any atom is 0.340 e. The van der Waals surface area contributed by atoms with E-state index in [1.165, 1.54) is 128 Å². The Balaban J connectivity index is 2.31. The Kier molecular flexibility index (Phi) is 27.5. The van der Waals surface area contributed by atoms with Gasteiger partial charge in [0.05, 0.1) is 24.3 Å². The molecule has 0 N–H and O–H groups in total. The van der Waals surface area contributed by atoms with Crippen LogP contribution in [0.3, 0.4) is 0 Å². The number of rotatable bonds is 28. The molecule has 1 aromatic rings. The predicted octanol–water partition coefficient (Wildman–Crippen LogP) is 13.2. The lowest BCUT2D eigenvalue weighted by Crippen LogP contribution is -2.19. The molecule has 0 bridgehead atoms. The van der Waals surface area contributed by atoms with Gasteiger partial charge in [-0.05, 0) is 86.7 Å². The van der Waals surface area contributed by atoms with E-state index in [9.17, 15) is 9.59 Å². The average Bonchev–Trinajstić information content (AvgIpc) is 2.99. The van der Waals surface area contributed by atoms with Crippen LogP contribution in [0, 0.1) is 10.7 Å². The summed E-state index contributed by atoms with van der Waals surface area (Å²) >= 11 is 6.51. The topological polar surface area (TPSA) is 52.6 Å². The van der Waals surface area contributed by atoms with Gasteiger partial charge in [-0.1, -0.05) is 155 Å². The Labute approximate surface area is 305 Å². The van der Waals surface area contributed by atoms with E-state index in [4.69, 9.17) is 9.47 Å². The van der Waals surface area contributed by atoms with E-state index < -0.39 is 11.9 Å². The number of benzene rings is 1. The fraction of sp³-hybridized carbons (Fsp3) is 0.778. The molecule has 1 aromatic carbocycles. The van der Waals surface area contributed by atoms with Crippen LogP contribution < -0.4 is 0 Å². The fourth-order valence-electron chi connectivity index (χ4n) is 5.35. The molecule has 0 saturated heterocycles. The van der Waals surface area contributed by atoms with Gasteiger partial charge in [0.2, 0.25) is 0 Å². The molecule has 0 spiro atoms. The summed E-state index contributed by atoms with van der Waals surface area (Å²) in [6.07, 6.45) is 30.4. The first-order chi connectivity index (χ1) is 20.9. The van der Waals surface area contributed by atoms with Gasteiger partial charge < -0.3 is 9.47 Å². The summed E-state index contributed by atoms with van der Waals surface area (Å²) < 4.78 is 13.8. The molecule has 0 fully saturated rings. The maximum absolute atomic E-state index is 13.1. The predicted molar refractivity (Wildman–Crippen MR) is 207 cm³/mol. The normalized spacial score (nSPS) is 11.2. The van der Waals surface area contributed by atoms with E-state index in [0.717, 1.165) is 36.4 Å². The summed E-state index contributed by atoms with van der Waals surface area (Å²) in [6, 6.07) is 1.94. The quantitative estimate of drug-likeness (QED) is 0.0364. The zero-order valence-corrected chi connectivity index (χ0v) is 33.7. The van der Waals surface area contributed by atoms with Gasteiger partial charge in [-0.2, -0.15) is 0 Å². The van der Waals surface area contributed by atoms with E-state index in [-0.39, 0.29) is 0 Å². The molecule has 0 atom stereocenters. The minimum absolute atomic E-state index is 0.351. The molecule has 0 saturated carbocycles. The van der Waals surface area contributed by atoms with Crippen LogP contribution in [0.1, 0.15) is 189 Å². The minimum Gasteiger partial charge on any atom is -0.462 e. The van der Waals surface area contributed by atoms with Gasteiger partial charge in [0.1, 0.15) is 0 Å². The van der Waals surface area contributed by atoms with Crippen LogP contribution in [0.4, 0.5) is 0 Å². The largest absolute Gasteiger partial charge is 0.462 e. The first-order valence-electron chi connectivity index (χ1n) is 17.5. The lowest BCUT2D eigenvalue weighted by Gasteiger charge is -2.14. The van der Waals surface area contributed by atoms with Crippen molar-refractivity contribution < 1.29 is 19.1 Å². The van der Waals surface area contributed by atoms with Crippen molar-refractivity contribution in [3.63, 3.8) is 0 Å². The number of unbranched alkanes of at least 4 members (excludes halogenated alkanes) is 22. The molecule has 0 radical (unpaired) electrons. The molecule has 0 heterocycles. The summed E-state index contributed by atoms with van der Waals surface area (Å²) in [4.78, 5) is 26.2. The molecule has 0 aliphatic rings. The van der Waals surface area contributed by atoms with Crippen molar-refractivity contribution in [2.75, 3.05) is 13.2 Å². The number of esters is 2. The number of ether oxygens (including phenoxy) is 2. The fourth-order valence-corrected chi connectivity index (χ4v) is 7.97. The summed E-state index contributed by atoms with van der Waals surface area (Å²) in [5.74, 6) is -0.833. The first kappa shape index (κ1) is 41.4. The van der Waals surface area contributed by atoms with Crippen LogP contribution in [0.25, 0.3) is 0 Å². The Morgan fingerprint density at radius 1 is 0.465 bits per heavy atom. The van der Waals surface area contributed by atoms with Gasteiger partial charge in [0.25, 0.3) is 0 Å². The lowest BCUT2D eigenvalue weighted by molar-refractivity contribution is 0.0448. The second kappa shape index (κ2) is 28.6. The van der Waals surface area contributed by atoms with Gasteiger partial charge in [-0.3, -0.25) is 0 Å². The molecule has 0 aromatic heterocycles. The second-order valence-electron chi connectivity index (χ2n) is 12.0. The summed E-state index contributed by atoms with van der Waals surface area (Å²) in [7, 11) is 0. The van der Waals surface area contributed by atoms with Crippen LogP contribution >= 0.6 is 67.8 Å². The average molecular weight is 937 g/mol. The van der Waals surface area contributed by atoms with Gasteiger partial charge in [-0.15, -0.1) is 0 Å². The van der Waals surface area contributed by atoms with Crippen molar-refractivity contribution in [2.45, 2.75) is 168 Å². The van der Waals surface area contributed by atoms with Crippen molar-refractivity contribution in [2.24, 2.45) is 0 Å². The number of hydrogen-bond acceptors (Lipinski definition) is 4. The third-order valence-corrected chi connectivity index (χ3v) is 11.9. The molecular weight excluding hydrogens is 877 g/mol. The minimum atomic E-state index is -0.417. The molecule has 0 unspecified atom stereocenters. The number of hydrogen-bond donors (Lipinski definition) is 0. The lowest BCUT2D eigenvalue weighted by atomic mass is 10.1. The van der Waals surface area contributed by atoms with Crippen molar-refractivity contribution in [3.05, 3.63) is 27.9 Å². The molecule has 0 aliphatic heterocycles. The van der Waals surface area contributed by atoms with Crippen LogP contribution in [0.15, 0.2) is 6.07 Å². The first-order valence-corrected chi connectivity index (χ1v) is 20.7. The van der Waals surface area contributed by atoms with Crippen LogP contribution in [0.2, 0.25) is 0 Å². The van der Waals surface area contributed by atoms with Crippen LogP contribution in [-0.2, 0) is 9.47 Å². The summed E-state index contributed by atoms with van der Waals surface area (Å²) in [5, 5.41) is 0. The van der Waals surface area contributed by atoms with Gasteiger partial charge in [-0.25, -0.2) is 9.59 Å². The van der Waals surface area contributed by atoms with Gasteiger partial charge in [0.15, 0.2) is 0 Å². The second-order valence-corrected chi connectivity index (χ2v) is 15.4. The van der Waals surface area contributed by atoms with E-state index in [2.05, 4.69) is 81.6 Å². The highest BCUT2D eigenvalue weighted by Gasteiger charge is 2.27. The van der Waals surface area contributed by atoms with E-state index >= 15 is 0 Å². The zero-order chi connectivity index (χ0) is 31.5. The molecule has 0 amide bonds. The van der Waals surface area contributed by atoms with E-state index in [1.807, 2.05) is 6.07 Å². The molecule has 43 heavy (non-hydrogen) atoms. The summed E-state index contributed by atoms with van der Waals surface area (Å²) in [6.45, 7) is 5.31. The van der Waals surface area contributed by atoms with Crippen molar-refractivity contribution in [1.29, 1.82) is 0 Å². The van der Waals surface area contributed by atoms with Gasteiger partial charge in [0, 0.05) is 10.7 Å². The number of halogens is 3. The Bertz CT molecular complexity index is 875. The molecule has 248 valence electrons. The highest BCUT2D eigenvalue weighted by atomic mass is 127. The SMILES string of the molecule is CCCCCCCCCCCCCCOC(=O)c1c(I)cc(I)c(I)c1C(=O)OCCCCCCCCCCCCCC. The van der Waals surface area contributed by atoms with Crippen molar-refractivity contribution >= 4 is 79.7 Å². The number of carbonyl (C=O) groups excluding carboxylic acids is 2. The van der Waals surface area contributed by atoms with Gasteiger partial charge >= 0.3 is 11.9 Å². The molecule has 4 nitrogen and oxygen atoms in total. The molecule has 7 heteroatoms. The van der Waals surface area contributed by atoms with E-state index in [0.29, 0.717) is 24.3 Å². The maximum atomic E-state index is 13.1. The molecule has 0 aliphatic carbocycles. The van der Waals surface area contributed by atoms with Crippen molar-refractivity contribution in [3.8, 4) is 0 Å². The zero-order valence-electron chi connectivity index (χ0n) is 27.2. The third kappa shape index (κ3) is 20.3. The van der Waals surface area contributed by atoms with Crippen molar-refractivity contribution in [1.82, 2.24) is 0 Å². The Morgan fingerprint density at radius 2 is 0.767 bits per heavy atom. The third-order valence-electron chi connectivity index (χ3n) is 8.04. The monoisotopic (exact) mass is 936 g/mol. The number of carbonyl (C=O) groups is 2. The Morgan fingerprint density at radius 3 is 1.12 bits per heavy atom. The molecule has 1 rings (SSSR count). The standard InChI is InChI=1S/C36H59I3O4/c1-3-5-7-9-11-13-15-17-19-21-23-25-27-42-35(40)32-30(37)29-31(38)34(39)33(32)36(41)43-28-26-24-22-20-18-16-14-12-10-8-6-4-2/h29H,3-28H2,1-2H3. The van der Waals surface area contributed by atoms with E-state index in [1.54, 1.807) is 0 Å². The highest BCUT2D eigenvalue weighted by Crippen LogP contribution is 2.29. The Hall–Kier alpha value is 0.350. The highest BCUT2D eigenvalue weighted by molar-refractivity contribution is 14.1. The molecular formula is C36H59I3O4.